The number of hydrogen-bond acceptors (Lipinski definition) is 2. The topological polar surface area (TPSA) is 21.3 Å². The van der Waals surface area contributed by atoms with Crippen molar-refractivity contribution in [3.63, 3.8) is 0 Å². The van der Waals surface area contributed by atoms with Crippen LogP contribution in [0.4, 0.5) is 0 Å². The fraction of sp³-hybridized carbons (Fsp3) is 0.250. The average Bonchev–Trinajstić information content (AvgIpc) is 2.46. The number of ether oxygens (including phenoxy) is 1. The lowest BCUT2D eigenvalue weighted by Gasteiger charge is -2.20. The molecule has 0 amide bonds. The molecule has 2 rings (SSSR count). The van der Waals surface area contributed by atoms with Crippen LogP contribution in [-0.2, 0) is 0 Å². The molecule has 0 aliphatic rings. The Morgan fingerprint density at radius 2 is 1.74 bits per heavy atom. The maximum Gasteiger partial charge on any atom is 0.134 e. The van der Waals surface area contributed by atoms with Gasteiger partial charge < -0.3 is 10.1 Å². The predicted octanol–water partition coefficient (Wildman–Crippen LogP) is 4.18. The van der Waals surface area contributed by atoms with Gasteiger partial charge in [-0.05, 0) is 47.2 Å². The third-order valence-corrected chi connectivity index (χ3v) is 3.59. The third-order valence-electron chi connectivity index (χ3n) is 2.93. The van der Waals surface area contributed by atoms with Crippen LogP contribution in [0, 0.1) is 0 Å². The summed E-state index contributed by atoms with van der Waals surface area (Å²) in [4.78, 5) is 0. The summed E-state index contributed by atoms with van der Waals surface area (Å²) in [6, 6.07) is 18.3. The Bertz CT molecular complexity index is 501. The molecule has 100 valence electrons. The summed E-state index contributed by atoms with van der Waals surface area (Å²) in [7, 11) is 1.96. The van der Waals surface area contributed by atoms with Gasteiger partial charge in [0.05, 0.1) is 4.47 Å². The van der Waals surface area contributed by atoms with Gasteiger partial charge in [-0.3, -0.25) is 0 Å². The molecular formula is C16H18BrNO. The Labute approximate surface area is 122 Å². The van der Waals surface area contributed by atoms with E-state index in [1.165, 1.54) is 5.56 Å². The highest BCUT2D eigenvalue weighted by atomic mass is 79.9. The molecule has 0 spiro atoms. The summed E-state index contributed by atoms with van der Waals surface area (Å²) in [5.74, 6) is 0.882. The molecule has 1 N–H and O–H groups in total. The van der Waals surface area contributed by atoms with E-state index in [-0.39, 0.29) is 6.10 Å². The summed E-state index contributed by atoms with van der Waals surface area (Å²) < 4.78 is 7.13. The minimum absolute atomic E-state index is 0.0624. The van der Waals surface area contributed by atoms with Crippen molar-refractivity contribution in [3.05, 3.63) is 64.6 Å². The van der Waals surface area contributed by atoms with Crippen molar-refractivity contribution in [1.29, 1.82) is 0 Å². The zero-order chi connectivity index (χ0) is 13.5. The van der Waals surface area contributed by atoms with Crippen molar-refractivity contribution in [3.8, 4) is 5.75 Å². The summed E-state index contributed by atoms with van der Waals surface area (Å²) >= 11 is 3.52. The lowest BCUT2D eigenvalue weighted by molar-refractivity contribution is 0.193. The predicted molar refractivity (Wildman–Crippen MR) is 82.5 cm³/mol. The number of nitrogens with one attached hydrogen (secondary N) is 1. The van der Waals surface area contributed by atoms with Crippen molar-refractivity contribution >= 4 is 15.9 Å². The zero-order valence-electron chi connectivity index (χ0n) is 11.0. The molecule has 0 aliphatic carbocycles. The first-order valence-electron chi connectivity index (χ1n) is 6.42. The molecule has 0 radical (unpaired) electrons. The maximum absolute atomic E-state index is 6.15. The normalized spacial score (nSPS) is 12.1. The first kappa shape index (κ1) is 14.1. The van der Waals surface area contributed by atoms with E-state index < -0.39 is 0 Å². The van der Waals surface area contributed by atoms with Gasteiger partial charge in [0, 0.05) is 6.42 Å². The summed E-state index contributed by atoms with van der Waals surface area (Å²) in [6.45, 7) is 0.921. The molecule has 2 aromatic rings. The van der Waals surface area contributed by atoms with Gasteiger partial charge in [-0.2, -0.15) is 0 Å². The summed E-state index contributed by atoms with van der Waals surface area (Å²) in [5, 5.41) is 3.18. The van der Waals surface area contributed by atoms with Crippen LogP contribution in [0.2, 0.25) is 0 Å². The van der Waals surface area contributed by atoms with E-state index >= 15 is 0 Å². The zero-order valence-corrected chi connectivity index (χ0v) is 12.6. The molecule has 19 heavy (non-hydrogen) atoms. The smallest absolute Gasteiger partial charge is 0.134 e. The van der Waals surface area contributed by atoms with Gasteiger partial charge in [0.1, 0.15) is 11.9 Å². The molecule has 1 atom stereocenters. The second kappa shape index (κ2) is 7.31. The summed E-state index contributed by atoms with van der Waals surface area (Å²) in [6.07, 6.45) is 0.995. The first-order valence-corrected chi connectivity index (χ1v) is 7.21. The van der Waals surface area contributed by atoms with E-state index in [1.54, 1.807) is 0 Å². The van der Waals surface area contributed by atoms with Gasteiger partial charge in [-0.15, -0.1) is 0 Å². The molecule has 2 aromatic carbocycles. The Balaban J connectivity index is 2.17. The van der Waals surface area contributed by atoms with Crippen molar-refractivity contribution < 1.29 is 4.74 Å². The van der Waals surface area contributed by atoms with Crippen LogP contribution in [0.3, 0.4) is 0 Å². The minimum atomic E-state index is 0.0624. The van der Waals surface area contributed by atoms with Gasteiger partial charge in [0.2, 0.25) is 0 Å². The maximum atomic E-state index is 6.15. The molecule has 0 aliphatic heterocycles. The molecule has 2 nitrogen and oxygen atoms in total. The average molecular weight is 320 g/mol. The van der Waals surface area contributed by atoms with Crippen LogP contribution in [-0.4, -0.2) is 13.6 Å². The molecule has 3 heteroatoms. The van der Waals surface area contributed by atoms with Gasteiger partial charge >= 0.3 is 0 Å². The second-order valence-corrected chi connectivity index (χ2v) is 5.19. The lowest BCUT2D eigenvalue weighted by atomic mass is 10.1. The molecule has 0 bridgehead atoms. The van der Waals surface area contributed by atoms with Gasteiger partial charge in [-0.25, -0.2) is 0 Å². The van der Waals surface area contributed by atoms with Crippen molar-refractivity contribution in [2.75, 3.05) is 13.6 Å². The third kappa shape index (κ3) is 4.08. The fourth-order valence-corrected chi connectivity index (χ4v) is 2.31. The highest BCUT2D eigenvalue weighted by molar-refractivity contribution is 9.10. The van der Waals surface area contributed by atoms with Crippen LogP contribution in [0.1, 0.15) is 18.1 Å². The van der Waals surface area contributed by atoms with E-state index in [1.807, 2.05) is 49.5 Å². The van der Waals surface area contributed by atoms with E-state index in [0.717, 1.165) is 23.2 Å². The van der Waals surface area contributed by atoms with E-state index in [2.05, 4.69) is 33.4 Å². The second-order valence-electron chi connectivity index (χ2n) is 4.34. The van der Waals surface area contributed by atoms with Crippen LogP contribution < -0.4 is 10.1 Å². The van der Waals surface area contributed by atoms with Crippen molar-refractivity contribution in [1.82, 2.24) is 5.32 Å². The number of rotatable bonds is 6. The Morgan fingerprint density at radius 1 is 1.05 bits per heavy atom. The van der Waals surface area contributed by atoms with Crippen LogP contribution in [0.5, 0.6) is 5.75 Å². The molecule has 0 saturated carbocycles. The Hall–Kier alpha value is -1.32. The number of halogens is 1. The molecule has 0 aromatic heterocycles. The van der Waals surface area contributed by atoms with E-state index in [9.17, 15) is 0 Å². The summed E-state index contributed by atoms with van der Waals surface area (Å²) in [5.41, 5.74) is 1.20. The standard InChI is InChI=1S/C16H18BrNO/c1-18-12-11-15(13-7-3-2-4-8-13)19-16-10-6-5-9-14(16)17/h2-10,15,18H,11-12H2,1H3. The SMILES string of the molecule is CNCCC(Oc1ccccc1Br)c1ccccc1. The number of benzene rings is 2. The van der Waals surface area contributed by atoms with E-state index in [4.69, 9.17) is 4.74 Å². The van der Waals surface area contributed by atoms with Crippen molar-refractivity contribution in [2.45, 2.75) is 12.5 Å². The first-order chi connectivity index (χ1) is 9.31. The minimum Gasteiger partial charge on any atom is -0.485 e. The molecule has 0 heterocycles. The monoisotopic (exact) mass is 319 g/mol. The largest absolute Gasteiger partial charge is 0.485 e. The fourth-order valence-electron chi connectivity index (χ4n) is 1.93. The van der Waals surface area contributed by atoms with Gasteiger partial charge in [0.15, 0.2) is 0 Å². The van der Waals surface area contributed by atoms with Crippen LogP contribution >= 0.6 is 15.9 Å². The van der Waals surface area contributed by atoms with Gasteiger partial charge in [0.25, 0.3) is 0 Å². The van der Waals surface area contributed by atoms with Crippen LogP contribution in [0.15, 0.2) is 59.1 Å². The number of para-hydroxylation sites is 1. The highest BCUT2D eigenvalue weighted by Crippen LogP contribution is 2.30. The van der Waals surface area contributed by atoms with Crippen molar-refractivity contribution in [2.24, 2.45) is 0 Å². The molecular weight excluding hydrogens is 302 g/mol. The quantitative estimate of drug-likeness (QED) is 0.862. The highest BCUT2D eigenvalue weighted by Gasteiger charge is 2.13. The lowest BCUT2D eigenvalue weighted by Crippen LogP contribution is -2.16. The molecule has 1 unspecified atom stereocenters. The Kier molecular flexibility index (Phi) is 5.43. The molecule has 0 fully saturated rings. The Morgan fingerprint density at radius 3 is 2.42 bits per heavy atom. The van der Waals surface area contributed by atoms with Gasteiger partial charge in [-0.1, -0.05) is 42.5 Å². The van der Waals surface area contributed by atoms with Crippen LogP contribution in [0.25, 0.3) is 0 Å². The number of hydrogen-bond donors (Lipinski definition) is 1. The van der Waals surface area contributed by atoms with E-state index in [0.29, 0.717) is 0 Å². The molecule has 0 saturated heterocycles.